The quantitative estimate of drug-likeness (QED) is 0.154. The average Bonchev–Trinajstić information content (AvgIpc) is 3.11. The molecule has 46 heavy (non-hydrogen) atoms. The molecule has 0 aliphatic rings. The Bertz CT molecular complexity index is 1810. The summed E-state index contributed by atoms with van der Waals surface area (Å²) in [7, 11) is -2.28. The number of hydrogen-bond acceptors (Lipinski definition) is 3. The van der Waals surface area contributed by atoms with Gasteiger partial charge in [0.2, 0.25) is 5.12 Å². The maximum atomic E-state index is 14.6. The molecule has 0 radical (unpaired) electrons. The predicted molar refractivity (Wildman–Crippen MR) is 180 cm³/mol. The summed E-state index contributed by atoms with van der Waals surface area (Å²) in [5, 5.41) is 0.111. The molecule has 0 fully saturated rings. The summed E-state index contributed by atoms with van der Waals surface area (Å²) in [6.07, 6.45) is 0. The molecule has 0 saturated carbocycles. The zero-order chi connectivity index (χ0) is 32.4. The van der Waals surface area contributed by atoms with Crippen molar-refractivity contribution in [3.05, 3.63) is 187 Å². The Morgan fingerprint density at radius 2 is 0.761 bits per heavy atom. The van der Waals surface area contributed by atoms with Gasteiger partial charge in [-0.2, -0.15) is 13.2 Å². The number of ketones is 1. The van der Waals surface area contributed by atoms with Crippen LogP contribution < -0.4 is 0 Å². The lowest BCUT2D eigenvalue weighted by atomic mass is 10.0. The second kappa shape index (κ2) is 15.4. The lowest BCUT2D eigenvalue weighted by molar-refractivity contribution is 0.00818. The van der Waals surface area contributed by atoms with E-state index in [4.69, 9.17) is 0 Å². The molecule has 0 unspecified atom stereocenters. The Morgan fingerprint density at radius 3 is 1.20 bits per heavy atom. The number of carbonyl (C=O) groups is 2. The monoisotopic (exact) mass is 650 g/mol. The molecule has 0 heterocycles. The maximum absolute atomic E-state index is 14.6. The zero-order valence-corrected chi connectivity index (χ0v) is 26.1. The van der Waals surface area contributed by atoms with Crippen LogP contribution in [0.4, 0.5) is 13.2 Å². The standard InChI is InChI=1S/C38H28O2S2.CHF3/c39-37(29-13-5-1-6-14-29)30-21-23-32(24-22-30)41-33-25-27-36(28-26-33)42(34-17-9-3-10-18-34,35-19-11-4-12-20-35)38(40)31-15-7-2-8-16-31;2-1(3)4/h1-28H;1H. The van der Waals surface area contributed by atoms with Crippen molar-refractivity contribution < 1.29 is 22.8 Å². The van der Waals surface area contributed by atoms with Crippen LogP contribution >= 0.6 is 21.8 Å². The minimum atomic E-state index is -3.67. The first-order valence-corrected chi connectivity index (χ1v) is 16.8. The summed E-state index contributed by atoms with van der Waals surface area (Å²) in [4.78, 5) is 32.5. The average molecular weight is 651 g/mol. The van der Waals surface area contributed by atoms with E-state index in [1.165, 1.54) is 0 Å². The van der Waals surface area contributed by atoms with E-state index in [0.29, 0.717) is 16.7 Å². The first-order valence-electron chi connectivity index (χ1n) is 14.3. The lowest BCUT2D eigenvalue weighted by Crippen LogP contribution is -2.15. The van der Waals surface area contributed by atoms with Gasteiger partial charge in [-0.15, -0.1) is 0 Å². The van der Waals surface area contributed by atoms with Gasteiger partial charge in [0.1, 0.15) is 0 Å². The van der Waals surface area contributed by atoms with E-state index in [9.17, 15) is 22.8 Å². The van der Waals surface area contributed by atoms with E-state index >= 15 is 0 Å². The van der Waals surface area contributed by atoms with Gasteiger partial charge in [0, 0.05) is 41.2 Å². The number of rotatable bonds is 8. The molecule has 0 atom stereocenters. The molecule has 0 bridgehead atoms. The van der Waals surface area contributed by atoms with Gasteiger partial charge in [-0.25, -0.2) is 0 Å². The van der Waals surface area contributed by atoms with E-state index in [0.717, 1.165) is 24.5 Å². The third-order valence-corrected chi connectivity index (χ3v) is 11.8. The summed E-state index contributed by atoms with van der Waals surface area (Å²) in [5.41, 5.74) is 2.05. The van der Waals surface area contributed by atoms with Crippen LogP contribution in [-0.4, -0.2) is 17.6 Å². The fourth-order valence-corrected chi connectivity index (χ4v) is 9.45. The van der Waals surface area contributed by atoms with Crippen LogP contribution in [0.3, 0.4) is 0 Å². The van der Waals surface area contributed by atoms with Crippen LogP contribution in [0.25, 0.3) is 0 Å². The van der Waals surface area contributed by atoms with Crippen molar-refractivity contribution in [2.45, 2.75) is 31.2 Å². The van der Waals surface area contributed by atoms with E-state index in [-0.39, 0.29) is 10.9 Å². The van der Waals surface area contributed by atoms with Crippen molar-refractivity contribution >= 4 is 32.7 Å². The molecule has 2 nitrogen and oxygen atoms in total. The first-order chi connectivity index (χ1) is 22.4. The molecule has 6 aromatic carbocycles. The third-order valence-electron chi connectivity index (χ3n) is 7.05. The first kappa shape index (κ1) is 32.5. The highest BCUT2D eigenvalue weighted by Crippen LogP contribution is 2.69. The van der Waals surface area contributed by atoms with Gasteiger partial charge in [-0.05, 0) is 72.8 Å². The van der Waals surface area contributed by atoms with Gasteiger partial charge in [0.25, 0.3) is 0 Å². The summed E-state index contributed by atoms with van der Waals surface area (Å²) >= 11 is 1.63. The minimum Gasteiger partial charge on any atom is -0.289 e. The van der Waals surface area contributed by atoms with Crippen molar-refractivity contribution in [3.8, 4) is 0 Å². The molecule has 0 amide bonds. The van der Waals surface area contributed by atoms with E-state index in [1.54, 1.807) is 11.8 Å². The van der Waals surface area contributed by atoms with Crippen molar-refractivity contribution in [2.75, 3.05) is 0 Å². The molecule has 0 aromatic heterocycles. The number of hydrogen-bond donors (Lipinski definition) is 0. The third kappa shape index (κ3) is 7.50. The lowest BCUT2D eigenvalue weighted by Gasteiger charge is -2.39. The summed E-state index contributed by atoms with van der Waals surface area (Å²) in [6.45, 7) is -3.67. The predicted octanol–water partition coefficient (Wildman–Crippen LogP) is 11.4. The number of halogens is 3. The number of benzene rings is 6. The van der Waals surface area contributed by atoms with E-state index in [1.807, 2.05) is 121 Å². The Labute approximate surface area is 272 Å². The van der Waals surface area contributed by atoms with Gasteiger partial charge < -0.3 is 0 Å². The van der Waals surface area contributed by atoms with Gasteiger partial charge in [0.05, 0.1) is 0 Å². The van der Waals surface area contributed by atoms with Gasteiger partial charge in [-0.3, -0.25) is 9.59 Å². The van der Waals surface area contributed by atoms with E-state index < -0.39 is 16.7 Å². The molecule has 6 rings (SSSR count). The molecule has 7 heteroatoms. The minimum absolute atomic E-state index is 0.0146. The second-order valence-electron chi connectivity index (χ2n) is 9.93. The molecule has 0 spiro atoms. The summed E-state index contributed by atoms with van der Waals surface area (Å²) < 4.78 is 29.0. The molecule has 230 valence electrons. The molecule has 0 aliphatic carbocycles. The molecule has 0 saturated heterocycles. The highest BCUT2D eigenvalue weighted by Gasteiger charge is 2.39. The normalized spacial score (nSPS) is 11.3. The largest absolute Gasteiger partial charge is 0.379 e. The van der Waals surface area contributed by atoms with Crippen LogP contribution in [0.2, 0.25) is 0 Å². The summed E-state index contributed by atoms with van der Waals surface area (Å²) in [5.74, 6) is 0.0146. The number of alkyl halides is 3. The maximum Gasteiger partial charge on any atom is 0.379 e. The van der Waals surface area contributed by atoms with Crippen LogP contribution in [0.1, 0.15) is 26.3 Å². The Morgan fingerprint density at radius 1 is 0.435 bits per heavy atom. The molecular formula is C39H29F3O2S2. The van der Waals surface area contributed by atoms with Crippen molar-refractivity contribution in [1.82, 2.24) is 0 Å². The Hall–Kier alpha value is -4.85. The van der Waals surface area contributed by atoms with Crippen LogP contribution in [0.5, 0.6) is 0 Å². The van der Waals surface area contributed by atoms with Crippen LogP contribution in [0, 0.1) is 0 Å². The fraction of sp³-hybridized carbons (Fsp3) is 0.0256. The zero-order valence-electron chi connectivity index (χ0n) is 24.5. The molecule has 6 aromatic rings. The highest BCUT2D eigenvalue weighted by molar-refractivity contribution is 8.45. The second-order valence-corrected chi connectivity index (χ2v) is 14.1. The number of carbonyl (C=O) groups excluding carboxylic acids is 2. The fourth-order valence-electron chi connectivity index (χ4n) is 5.01. The molecular weight excluding hydrogens is 622 g/mol. The van der Waals surface area contributed by atoms with Gasteiger partial charge in [0.15, 0.2) is 5.78 Å². The van der Waals surface area contributed by atoms with Crippen LogP contribution in [0.15, 0.2) is 194 Å². The smallest absolute Gasteiger partial charge is 0.289 e. The Kier molecular flexibility index (Phi) is 10.9. The Balaban J connectivity index is 0.000000985. The SMILES string of the molecule is FC(F)F.O=C(c1ccccc1)c1ccc(Sc2ccc(S(C(=O)c3ccccc3)(c3ccccc3)c3ccccc3)cc2)cc1. The molecule has 0 N–H and O–H groups in total. The topological polar surface area (TPSA) is 34.1 Å². The highest BCUT2D eigenvalue weighted by atomic mass is 32.3. The van der Waals surface area contributed by atoms with Crippen molar-refractivity contribution in [2.24, 2.45) is 0 Å². The van der Waals surface area contributed by atoms with Gasteiger partial charge >= 0.3 is 6.68 Å². The van der Waals surface area contributed by atoms with Gasteiger partial charge in [-0.1, -0.05) is 119 Å². The van der Waals surface area contributed by atoms with Crippen LogP contribution in [-0.2, 0) is 0 Å². The van der Waals surface area contributed by atoms with Crippen molar-refractivity contribution in [3.63, 3.8) is 0 Å². The van der Waals surface area contributed by atoms with Crippen molar-refractivity contribution in [1.29, 1.82) is 0 Å². The van der Waals surface area contributed by atoms with E-state index in [2.05, 4.69) is 48.5 Å². The summed E-state index contributed by atoms with van der Waals surface area (Å²) in [6, 6.07) is 55.4. The molecule has 0 aliphatic heterocycles.